The van der Waals surface area contributed by atoms with E-state index < -0.39 is 11.6 Å². The van der Waals surface area contributed by atoms with Gasteiger partial charge in [0.1, 0.15) is 11.6 Å². The first-order valence-electron chi connectivity index (χ1n) is 9.22. The summed E-state index contributed by atoms with van der Waals surface area (Å²) in [6.07, 6.45) is 6.68. The van der Waals surface area contributed by atoms with E-state index in [1.54, 1.807) is 25.1 Å². The Morgan fingerprint density at radius 2 is 1.93 bits per heavy atom. The molecule has 0 aromatic heterocycles. The highest BCUT2D eigenvalue weighted by molar-refractivity contribution is 5.76. The number of aryl methyl sites for hydroxylation is 1. The summed E-state index contributed by atoms with van der Waals surface area (Å²) in [7, 11) is 3.48. The van der Waals surface area contributed by atoms with Gasteiger partial charge in [-0.05, 0) is 35.6 Å². The van der Waals surface area contributed by atoms with Gasteiger partial charge in [0.2, 0.25) is 0 Å². The molecule has 0 heterocycles. The van der Waals surface area contributed by atoms with Crippen LogP contribution in [0.1, 0.15) is 17.5 Å². The highest BCUT2D eigenvalue weighted by Crippen LogP contribution is 2.26. The first kappa shape index (κ1) is 21.4. The molecular formula is C23H27F2N3. The maximum atomic E-state index is 14.1. The Hall–Kier alpha value is -2.95. The predicted molar refractivity (Wildman–Crippen MR) is 113 cm³/mol. The summed E-state index contributed by atoms with van der Waals surface area (Å²) in [5.41, 5.74) is 2.99. The number of allylic oxidation sites excluding steroid dienone is 1. The van der Waals surface area contributed by atoms with Gasteiger partial charge in [0.25, 0.3) is 0 Å². The number of halogens is 2. The summed E-state index contributed by atoms with van der Waals surface area (Å²) >= 11 is 0. The SMILES string of the molecule is C=CC(CCc1cc(F)cc(F)c1N(C)C)N/C=C(\C=N)Cc1ccccc1. The average Bonchev–Trinajstić information content (AvgIpc) is 2.67. The summed E-state index contributed by atoms with van der Waals surface area (Å²) in [6.45, 7) is 3.85. The van der Waals surface area contributed by atoms with Crippen LogP contribution in [-0.2, 0) is 12.8 Å². The van der Waals surface area contributed by atoms with Gasteiger partial charge in [-0.1, -0.05) is 36.4 Å². The quantitative estimate of drug-likeness (QED) is 0.453. The lowest BCUT2D eigenvalue weighted by molar-refractivity contribution is 0.574. The van der Waals surface area contributed by atoms with E-state index in [0.717, 1.165) is 17.2 Å². The summed E-state index contributed by atoms with van der Waals surface area (Å²) in [6, 6.07) is 12.1. The minimum absolute atomic E-state index is 0.0768. The van der Waals surface area contributed by atoms with Crippen LogP contribution in [0.5, 0.6) is 0 Å². The van der Waals surface area contributed by atoms with E-state index in [1.807, 2.05) is 36.5 Å². The second-order valence-corrected chi connectivity index (χ2v) is 6.86. The Bertz CT molecular complexity index is 829. The fourth-order valence-corrected chi connectivity index (χ4v) is 3.08. The zero-order valence-corrected chi connectivity index (χ0v) is 16.4. The van der Waals surface area contributed by atoms with Gasteiger partial charge < -0.3 is 15.6 Å². The third-order valence-electron chi connectivity index (χ3n) is 4.48. The van der Waals surface area contributed by atoms with E-state index >= 15 is 0 Å². The topological polar surface area (TPSA) is 39.1 Å². The lowest BCUT2D eigenvalue weighted by atomic mass is 10.0. The summed E-state index contributed by atoms with van der Waals surface area (Å²) < 4.78 is 27.8. The molecule has 0 spiro atoms. The van der Waals surface area contributed by atoms with Crippen LogP contribution >= 0.6 is 0 Å². The standard InChI is InChI=1S/C23H27F2N3/c1-4-21(27-16-18(15-26)12-17-8-6-5-7-9-17)11-10-19-13-20(24)14-22(25)23(19)28(2)3/h4-9,13-16,21,26-27H,1,10-12H2,2-3H3/b18-16-,26-15?. The van der Waals surface area contributed by atoms with Crippen molar-refractivity contribution in [1.82, 2.24) is 5.32 Å². The number of anilines is 1. The van der Waals surface area contributed by atoms with Crippen molar-refractivity contribution in [3.8, 4) is 0 Å². The Labute approximate surface area is 165 Å². The van der Waals surface area contributed by atoms with Crippen molar-refractivity contribution in [2.45, 2.75) is 25.3 Å². The first-order valence-corrected chi connectivity index (χ1v) is 9.22. The third-order valence-corrected chi connectivity index (χ3v) is 4.48. The molecule has 0 fully saturated rings. The number of hydrogen-bond acceptors (Lipinski definition) is 3. The molecular weight excluding hydrogens is 356 g/mol. The lowest BCUT2D eigenvalue weighted by Crippen LogP contribution is -2.24. The molecule has 0 radical (unpaired) electrons. The molecule has 3 nitrogen and oxygen atoms in total. The maximum Gasteiger partial charge on any atom is 0.149 e. The monoisotopic (exact) mass is 383 g/mol. The van der Waals surface area contributed by atoms with Crippen LogP contribution in [0.25, 0.3) is 0 Å². The maximum absolute atomic E-state index is 14.1. The van der Waals surface area contributed by atoms with Gasteiger partial charge in [0.15, 0.2) is 0 Å². The molecule has 148 valence electrons. The first-order chi connectivity index (χ1) is 13.4. The molecule has 1 unspecified atom stereocenters. The van der Waals surface area contributed by atoms with Crippen molar-refractivity contribution in [1.29, 1.82) is 5.41 Å². The number of rotatable bonds is 10. The van der Waals surface area contributed by atoms with Gasteiger partial charge >= 0.3 is 0 Å². The molecule has 0 aliphatic heterocycles. The molecule has 0 saturated heterocycles. The molecule has 1 atom stereocenters. The fourth-order valence-electron chi connectivity index (χ4n) is 3.08. The zero-order valence-electron chi connectivity index (χ0n) is 16.4. The second kappa shape index (κ2) is 10.4. The molecule has 0 bridgehead atoms. The van der Waals surface area contributed by atoms with Gasteiger partial charge in [-0.2, -0.15) is 0 Å². The number of nitrogens with zero attached hydrogens (tertiary/aromatic N) is 1. The second-order valence-electron chi connectivity index (χ2n) is 6.86. The van der Waals surface area contributed by atoms with Crippen LogP contribution in [0, 0.1) is 17.0 Å². The number of nitrogens with one attached hydrogen (secondary N) is 2. The highest BCUT2D eigenvalue weighted by Gasteiger charge is 2.14. The van der Waals surface area contributed by atoms with Gasteiger partial charge in [0, 0.05) is 45.0 Å². The van der Waals surface area contributed by atoms with Crippen LogP contribution in [0.3, 0.4) is 0 Å². The molecule has 0 amide bonds. The van der Waals surface area contributed by atoms with Crippen LogP contribution in [0.4, 0.5) is 14.5 Å². The minimum atomic E-state index is -0.574. The molecule has 2 aromatic rings. The normalized spacial score (nSPS) is 12.4. The van der Waals surface area contributed by atoms with Crippen molar-refractivity contribution in [3.05, 3.63) is 89.7 Å². The summed E-state index contributed by atoms with van der Waals surface area (Å²) in [4.78, 5) is 1.66. The predicted octanol–water partition coefficient (Wildman–Crippen LogP) is 4.88. The van der Waals surface area contributed by atoms with E-state index in [0.29, 0.717) is 30.5 Å². The highest BCUT2D eigenvalue weighted by atomic mass is 19.1. The molecule has 2 aromatic carbocycles. The Morgan fingerprint density at radius 3 is 2.54 bits per heavy atom. The average molecular weight is 383 g/mol. The van der Waals surface area contributed by atoms with Crippen LogP contribution in [-0.4, -0.2) is 26.4 Å². The minimum Gasteiger partial charge on any atom is -0.384 e. The van der Waals surface area contributed by atoms with Crippen molar-refractivity contribution < 1.29 is 8.78 Å². The Balaban J connectivity index is 2.05. The van der Waals surface area contributed by atoms with Crippen LogP contribution < -0.4 is 10.2 Å². The van der Waals surface area contributed by atoms with Crippen molar-refractivity contribution in [2.75, 3.05) is 19.0 Å². The van der Waals surface area contributed by atoms with E-state index in [9.17, 15) is 8.78 Å². The number of benzene rings is 2. The van der Waals surface area contributed by atoms with Gasteiger partial charge in [-0.3, -0.25) is 0 Å². The van der Waals surface area contributed by atoms with E-state index in [2.05, 4.69) is 11.9 Å². The van der Waals surface area contributed by atoms with E-state index in [4.69, 9.17) is 5.41 Å². The van der Waals surface area contributed by atoms with Crippen molar-refractivity contribution in [3.63, 3.8) is 0 Å². The Kier molecular flexibility index (Phi) is 7.93. The van der Waals surface area contributed by atoms with Gasteiger partial charge in [-0.25, -0.2) is 8.78 Å². The fraction of sp³-hybridized carbons (Fsp3) is 0.261. The van der Waals surface area contributed by atoms with Gasteiger partial charge in [-0.15, -0.1) is 6.58 Å². The number of hydrogen-bond donors (Lipinski definition) is 2. The molecule has 2 rings (SSSR count). The largest absolute Gasteiger partial charge is 0.384 e. The van der Waals surface area contributed by atoms with E-state index in [1.165, 1.54) is 12.3 Å². The molecule has 2 N–H and O–H groups in total. The molecule has 0 saturated carbocycles. The van der Waals surface area contributed by atoms with Crippen molar-refractivity contribution >= 4 is 11.9 Å². The lowest BCUT2D eigenvalue weighted by Gasteiger charge is -2.20. The van der Waals surface area contributed by atoms with Crippen LogP contribution in [0.2, 0.25) is 0 Å². The molecule has 28 heavy (non-hydrogen) atoms. The van der Waals surface area contributed by atoms with Crippen molar-refractivity contribution in [2.24, 2.45) is 0 Å². The molecule has 0 aliphatic carbocycles. The van der Waals surface area contributed by atoms with Crippen LogP contribution in [0.15, 0.2) is 66.9 Å². The Morgan fingerprint density at radius 1 is 1.21 bits per heavy atom. The molecule has 0 aliphatic rings. The molecule has 5 heteroatoms. The van der Waals surface area contributed by atoms with E-state index in [-0.39, 0.29) is 6.04 Å². The van der Waals surface area contributed by atoms with Gasteiger partial charge in [0.05, 0.1) is 5.69 Å². The summed E-state index contributed by atoms with van der Waals surface area (Å²) in [5, 5.41) is 10.9. The summed E-state index contributed by atoms with van der Waals surface area (Å²) in [5.74, 6) is -1.13. The smallest absolute Gasteiger partial charge is 0.149 e. The zero-order chi connectivity index (χ0) is 20.5. The third kappa shape index (κ3) is 6.05.